The lowest BCUT2D eigenvalue weighted by Crippen LogP contribution is -2.26. The lowest BCUT2D eigenvalue weighted by atomic mass is 9.93. The number of halogens is 1. The van der Waals surface area contributed by atoms with E-state index in [0.29, 0.717) is 16.7 Å². The van der Waals surface area contributed by atoms with Crippen molar-refractivity contribution in [2.24, 2.45) is 5.73 Å². The van der Waals surface area contributed by atoms with E-state index in [9.17, 15) is 19.4 Å². The van der Waals surface area contributed by atoms with Gasteiger partial charge in [0.1, 0.15) is 11.9 Å². The van der Waals surface area contributed by atoms with Crippen LogP contribution in [0.2, 0.25) is 0 Å². The van der Waals surface area contributed by atoms with Gasteiger partial charge in [-0.2, -0.15) is 0 Å². The number of benzene rings is 1. The predicted molar refractivity (Wildman–Crippen MR) is 60.7 cm³/mol. The first kappa shape index (κ1) is 13.6. The third-order valence-electron chi connectivity index (χ3n) is 2.63. The van der Waals surface area contributed by atoms with Gasteiger partial charge in [0, 0.05) is 0 Å². The summed E-state index contributed by atoms with van der Waals surface area (Å²) in [6.45, 7) is 3.26. The molecule has 0 bridgehead atoms. The third kappa shape index (κ3) is 3.25. The van der Waals surface area contributed by atoms with Crippen LogP contribution in [0.5, 0.6) is 0 Å². The zero-order valence-electron chi connectivity index (χ0n) is 9.77. The van der Waals surface area contributed by atoms with Crippen LogP contribution in [0.3, 0.4) is 0 Å². The van der Waals surface area contributed by atoms with Gasteiger partial charge in [-0.05, 0) is 42.7 Å². The maximum atomic E-state index is 13.1. The Labute approximate surface area is 98.9 Å². The Morgan fingerprint density at radius 2 is 1.82 bits per heavy atom. The molecule has 94 valence electrons. The molecule has 0 heterocycles. The summed E-state index contributed by atoms with van der Waals surface area (Å²) in [5.41, 5.74) is 6.42. The van der Waals surface area contributed by atoms with E-state index in [1.54, 1.807) is 13.8 Å². The Morgan fingerprint density at radius 3 is 2.24 bits per heavy atom. The Morgan fingerprint density at radius 1 is 1.35 bits per heavy atom. The standard InChI is InChI=1S/C12H16FNO3/c1-6-3-8(13)4-7(2)11(6)12(17)9(15)5-10(14)16/h3-4,9,12,15,17H,5H2,1-2H3,(H2,14,16). The van der Waals surface area contributed by atoms with Gasteiger partial charge in [-0.3, -0.25) is 4.79 Å². The topological polar surface area (TPSA) is 83.6 Å². The number of nitrogens with two attached hydrogens (primary N) is 1. The van der Waals surface area contributed by atoms with Gasteiger partial charge in [-0.15, -0.1) is 0 Å². The highest BCUT2D eigenvalue weighted by molar-refractivity contribution is 5.74. The fraction of sp³-hybridized carbons (Fsp3) is 0.417. The molecule has 0 aromatic heterocycles. The molecular formula is C12H16FNO3. The van der Waals surface area contributed by atoms with Gasteiger partial charge in [0.05, 0.1) is 12.5 Å². The lowest BCUT2D eigenvalue weighted by Gasteiger charge is -2.21. The first-order valence-corrected chi connectivity index (χ1v) is 5.24. The third-order valence-corrected chi connectivity index (χ3v) is 2.63. The summed E-state index contributed by atoms with van der Waals surface area (Å²) in [6.07, 6.45) is -2.87. The number of aliphatic hydroxyl groups excluding tert-OH is 2. The van der Waals surface area contributed by atoms with Crippen LogP contribution < -0.4 is 5.73 Å². The van der Waals surface area contributed by atoms with Crippen molar-refractivity contribution in [3.8, 4) is 0 Å². The first-order chi connectivity index (χ1) is 7.82. The van der Waals surface area contributed by atoms with Crippen LogP contribution in [-0.4, -0.2) is 22.2 Å². The van der Waals surface area contributed by atoms with E-state index in [1.165, 1.54) is 12.1 Å². The number of aliphatic hydroxyl groups is 2. The van der Waals surface area contributed by atoms with Gasteiger partial charge in [-0.1, -0.05) is 0 Å². The summed E-state index contributed by atoms with van der Waals surface area (Å²) in [5, 5.41) is 19.5. The van der Waals surface area contributed by atoms with E-state index in [-0.39, 0.29) is 6.42 Å². The van der Waals surface area contributed by atoms with Gasteiger partial charge >= 0.3 is 0 Å². The molecule has 1 rings (SSSR count). The van der Waals surface area contributed by atoms with E-state index < -0.39 is 23.9 Å². The highest BCUT2D eigenvalue weighted by Crippen LogP contribution is 2.26. The molecular weight excluding hydrogens is 225 g/mol. The fourth-order valence-electron chi connectivity index (χ4n) is 1.90. The number of hydrogen-bond donors (Lipinski definition) is 3. The molecule has 4 nitrogen and oxygen atoms in total. The van der Waals surface area contributed by atoms with Crippen LogP contribution in [0.25, 0.3) is 0 Å². The predicted octanol–water partition coefficient (Wildman–Crippen LogP) is 0.712. The van der Waals surface area contributed by atoms with E-state index in [4.69, 9.17) is 5.73 Å². The van der Waals surface area contributed by atoms with Crippen LogP contribution in [-0.2, 0) is 4.79 Å². The molecule has 0 aliphatic rings. The van der Waals surface area contributed by atoms with Gasteiger partial charge in [0.2, 0.25) is 5.91 Å². The summed E-state index contributed by atoms with van der Waals surface area (Å²) in [7, 11) is 0. The Kier molecular flexibility index (Phi) is 4.20. The van der Waals surface area contributed by atoms with E-state index in [1.807, 2.05) is 0 Å². The molecule has 1 amide bonds. The summed E-state index contributed by atoms with van der Waals surface area (Å²) >= 11 is 0. The van der Waals surface area contributed by atoms with E-state index in [0.717, 1.165) is 0 Å². The molecule has 0 aliphatic heterocycles. The molecule has 0 saturated carbocycles. The molecule has 0 aliphatic carbocycles. The van der Waals surface area contributed by atoms with Gasteiger partial charge in [0.25, 0.3) is 0 Å². The zero-order chi connectivity index (χ0) is 13.2. The Balaban J connectivity index is 3.03. The highest BCUT2D eigenvalue weighted by atomic mass is 19.1. The maximum absolute atomic E-state index is 13.1. The van der Waals surface area contributed by atoms with Gasteiger partial charge < -0.3 is 15.9 Å². The van der Waals surface area contributed by atoms with Gasteiger partial charge in [0.15, 0.2) is 0 Å². The zero-order valence-corrected chi connectivity index (χ0v) is 9.77. The molecule has 0 saturated heterocycles. The summed E-state index contributed by atoms with van der Waals surface area (Å²) in [6, 6.07) is 2.53. The van der Waals surface area contributed by atoms with E-state index >= 15 is 0 Å². The van der Waals surface area contributed by atoms with Crippen LogP contribution in [0, 0.1) is 19.7 Å². The van der Waals surface area contributed by atoms with E-state index in [2.05, 4.69) is 0 Å². The number of hydrogen-bond acceptors (Lipinski definition) is 3. The smallest absolute Gasteiger partial charge is 0.220 e. The molecule has 4 N–H and O–H groups in total. The van der Waals surface area contributed by atoms with Crippen LogP contribution in [0.1, 0.15) is 29.2 Å². The number of aryl methyl sites for hydroxylation is 2. The maximum Gasteiger partial charge on any atom is 0.220 e. The van der Waals surface area contributed by atoms with Crippen LogP contribution in [0.15, 0.2) is 12.1 Å². The average Bonchev–Trinajstić information content (AvgIpc) is 2.14. The van der Waals surface area contributed by atoms with Crippen molar-refractivity contribution in [3.63, 3.8) is 0 Å². The minimum atomic E-state index is -1.28. The number of primary amides is 1. The minimum Gasteiger partial charge on any atom is -0.390 e. The van der Waals surface area contributed by atoms with Crippen LogP contribution >= 0.6 is 0 Å². The SMILES string of the molecule is Cc1cc(F)cc(C)c1C(O)C(O)CC(N)=O. The van der Waals surface area contributed by atoms with Crippen molar-refractivity contribution in [2.75, 3.05) is 0 Å². The second-order valence-electron chi connectivity index (χ2n) is 4.14. The van der Waals surface area contributed by atoms with Crippen molar-refractivity contribution in [1.29, 1.82) is 0 Å². The van der Waals surface area contributed by atoms with Gasteiger partial charge in [-0.25, -0.2) is 4.39 Å². The average molecular weight is 241 g/mol. The molecule has 1 aromatic rings. The second-order valence-corrected chi connectivity index (χ2v) is 4.14. The molecule has 2 unspecified atom stereocenters. The monoisotopic (exact) mass is 241 g/mol. The number of carbonyl (C=O) groups excluding carboxylic acids is 1. The van der Waals surface area contributed by atoms with Crippen molar-refractivity contribution in [3.05, 3.63) is 34.6 Å². The summed E-state index contributed by atoms with van der Waals surface area (Å²) < 4.78 is 13.1. The normalized spacial score (nSPS) is 14.4. The molecule has 17 heavy (non-hydrogen) atoms. The molecule has 1 aromatic carbocycles. The number of carbonyl (C=O) groups is 1. The highest BCUT2D eigenvalue weighted by Gasteiger charge is 2.23. The molecule has 0 spiro atoms. The fourth-order valence-corrected chi connectivity index (χ4v) is 1.90. The number of amides is 1. The molecule has 5 heteroatoms. The van der Waals surface area contributed by atoms with Crippen molar-refractivity contribution in [1.82, 2.24) is 0 Å². The molecule has 0 radical (unpaired) electrons. The minimum absolute atomic E-state index is 0.336. The largest absolute Gasteiger partial charge is 0.390 e. The van der Waals surface area contributed by atoms with Crippen LogP contribution in [0.4, 0.5) is 4.39 Å². The second kappa shape index (κ2) is 5.25. The van der Waals surface area contributed by atoms with Crippen molar-refractivity contribution >= 4 is 5.91 Å². The summed E-state index contributed by atoms with van der Waals surface area (Å²) in [5.74, 6) is -1.10. The molecule has 2 atom stereocenters. The lowest BCUT2D eigenvalue weighted by molar-refractivity contribution is -0.121. The van der Waals surface area contributed by atoms with Crippen molar-refractivity contribution in [2.45, 2.75) is 32.5 Å². The Bertz CT molecular complexity index is 411. The summed E-state index contributed by atoms with van der Waals surface area (Å²) in [4.78, 5) is 10.7. The van der Waals surface area contributed by atoms with Crippen molar-refractivity contribution < 1.29 is 19.4 Å². The molecule has 0 fully saturated rings. The number of rotatable bonds is 4. The Hall–Kier alpha value is -1.46. The first-order valence-electron chi connectivity index (χ1n) is 5.24. The quantitative estimate of drug-likeness (QED) is 0.726.